The lowest BCUT2D eigenvalue weighted by Gasteiger charge is -2.27. The molecule has 7 heteroatoms. The Labute approximate surface area is 127 Å². The normalized spacial score (nSPS) is 12.1. The number of carbonyl (C=O) groups excluding carboxylic acids is 1. The molecule has 0 fully saturated rings. The minimum atomic E-state index is -4.36. The highest BCUT2D eigenvalue weighted by molar-refractivity contribution is 5.73. The highest BCUT2D eigenvalue weighted by atomic mass is 19.4. The molecule has 0 aliphatic heterocycles. The van der Waals surface area contributed by atoms with E-state index >= 15 is 0 Å². The average molecular weight is 318 g/mol. The maximum absolute atomic E-state index is 12.5. The highest BCUT2D eigenvalue weighted by Gasteiger charge is 2.31. The van der Waals surface area contributed by atoms with E-state index in [4.69, 9.17) is 5.11 Å². The van der Waals surface area contributed by atoms with Gasteiger partial charge in [-0.25, -0.2) is 4.79 Å². The highest BCUT2D eigenvalue weighted by Crippen LogP contribution is 2.31. The van der Waals surface area contributed by atoms with Crippen molar-refractivity contribution in [1.82, 2.24) is 10.2 Å². The smallest absolute Gasteiger partial charge is 0.395 e. The molecule has 0 saturated heterocycles. The third kappa shape index (κ3) is 4.91. The van der Waals surface area contributed by atoms with Crippen LogP contribution in [0.1, 0.15) is 25.0 Å². The number of rotatable bonds is 5. The van der Waals surface area contributed by atoms with Crippen molar-refractivity contribution < 1.29 is 23.1 Å². The van der Waals surface area contributed by atoms with Crippen LogP contribution in [0, 0.1) is 0 Å². The lowest BCUT2D eigenvalue weighted by atomic mass is 9.84. The molecule has 0 aromatic heterocycles. The largest absolute Gasteiger partial charge is 0.416 e. The first-order valence-corrected chi connectivity index (χ1v) is 6.85. The first-order valence-electron chi connectivity index (χ1n) is 6.85. The van der Waals surface area contributed by atoms with Crippen LogP contribution in [0.4, 0.5) is 18.0 Å². The molecule has 1 aromatic rings. The molecule has 124 valence electrons. The third-order valence-corrected chi connectivity index (χ3v) is 3.46. The van der Waals surface area contributed by atoms with Crippen molar-refractivity contribution in [3.8, 4) is 0 Å². The van der Waals surface area contributed by atoms with E-state index in [2.05, 4.69) is 5.32 Å². The van der Waals surface area contributed by atoms with Crippen LogP contribution in [0.2, 0.25) is 0 Å². The number of nitrogens with one attached hydrogen (secondary N) is 1. The van der Waals surface area contributed by atoms with Gasteiger partial charge in [0.25, 0.3) is 0 Å². The molecule has 22 heavy (non-hydrogen) atoms. The standard InChI is InChI=1S/C15H21F3N2O2/c1-14(2,10-19-13(22)20(3)8-9-21)11-4-6-12(7-5-11)15(16,17)18/h4-7,21H,8-10H2,1-3H3,(H,19,22). The molecule has 2 amide bonds. The molecule has 0 spiro atoms. The van der Waals surface area contributed by atoms with Crippen LogP contribution in [0.25, 0.3) is 0 Å². The Morgan fingerprint density at radius 2 is 1.68 bits per heavy atom. The second-order valence-corrected chi connectivity index (χ2v) is 5.76. The number of carbonyl (C=O) groups is 1. The van der Waals surface area contributed by atoms with Gasteiger partial charge in [-0.15, -0.1) is 0 Å². The van der Waals surface area contributed by atoms with E-state index in [1.54, 1.807) is 7.05 Å². The van der Waals surface area contributed by atoms with Gasteiger partial charge in [0.05, 0.1) is 12.2 Å². The Hall–Kier alpha value is -1.76. The van der Waals surface area contributed by atoms with Crippen molar-refractivity contribution >= 4 is 6.03 Å². The molecular formula is C15H21F3N2O2. The quantitative estimate of drug-likeness (QED) is 0.877. The van der Waals surface area contributed by atoms with Crippen LogP contribution < -0.4 is 5.32 Å². The van der Waals surface area contributed by atoms with E-state index in [0.29, 0.717) is 5.56 Å². The topological polar surface area (TPSA) is 52.6 Å². The lowest BCUT2D eigenvalue weighted by Crippen LogP contribution is -2.44. The van der Waals surface area contributed by atoms with Gasteiger partial charge in [-0.3, -0.25) is 0 Å². The van der Waals surface area contributed by atoms with E-state index in [9.17, 15) is 18.0 Å². The molecule has 0 atom stereocenters. The van der Waals surface area contributed by atoms with Crippen molar-refractivity contribution in [2.75, 3.05) is 26.7 Å². The summed E-state index contributed by atoms with van der Waals surface area (Å²) in [5.74, 6) is 0. The van der Waals surface area contributed by atoms with Crippen LogP contribution in [-0.4, -0.2) is 42.8 Å². The number of hydrogen-bond donors (Lipinski definition) is 2. The maximum atomic E-state index is 12.5. The van der Waals surface area contributed by atoms with Gasteiger partial charge >= 0.3 is 12.2 Å². The number of alkyl halides is 3. The van der Waals surface area contributed by atoms with Crippen LogP contribution in [0.3, 0.4) is 0 Å². The van der Waals surface area contributed by atoms with Gasteiger partial charge in [-0.1, -0.05) is 26.0 Å². The fraction of sp³-hybridized carbons (Fsp3) is 0.533. The number of hydrogen-bond acceptors (Lipinski definition) is 2. The van der Waals surface area contributed by atoms with Gasteiger partial charge in [0.2, 0.25) is 0 Å². The summed E-state index contributed by atoms with van der Waals surface area (Å²) >= 11 is 0. The molecule has 1 aromatic carbocycles. The number of nitrogens with zero attached hydrogens (tertiary/aromatic N) is 1. The second kappa shape index (κ2) is 7.00. The average Bonchev–Trinajstić information content (AvgIpc) is 2.44. The second-order valence-electron chi connectivity index (χ2n) is 5.76. The molecule has 0 bridgehead atoms. The van der Waals surface area contributed by atoms with E-state index in [1.165, 1.54) is 17.0 Å². The summed E-state index contributed by atoms with van der Waals surface area (Å²) in [5, 5.41) is 11.5. The zero-order valence-electron chi connectivity index (χ0n) is 12.9. The zero-order chi connectivity index (χ0) is 17.0. The molecule has 0 aliphatic rings. The monoisotopic (exact) mass is 318 g/mol. The van der Waals surface area contributed by atoms with Crippen molar-refractivity contribution in [3.63, 3.8) is 0 Å². The van der Waals surface area contributed by atoms with Crippen LogP contribution in [0.15, 0.2) is 24.3 Å². The van der Waals surface area contributed by atoms with Crippen LogP contribution in [-0.2, 0) is 11.6 Å². The van der Waals surface area contributed by atoms with E-state index in [-0.39, 0.29) is 25.7 Å². The number of urea groups is 1. The molecule has 1 rings (SSSR count). The van der Waals surface area contributed by atoms with E-state index < -0.39 is 17.2 Å². The van der Waals surface area contributed by atoms with Gasteiger partial charge in [0.15, 0.2) is 0 Å². The molecule has 0 heterocycles. The number of aliphatic hydroxyl groups is 1. The van der Waals surface area contributed by atoms with Gasteiger partial charge in [-0.05, 0) is 17.7 Å². The van der Waals surface area contributed by atoms with Crippen LogP contribution in [0.5, 0.6) is 0 Å². The minimum Gasteiger partial charge on any atom is -0.395 e. The molecular weight excluding hydrogens is 297 g/mol. The molecule has 0 saturated carbocycles. The molecule has 0 aliphatic carbocycles. The fourth-order valence-electron chi connectivity index (χ4n) is 1.90. The van der Waals surface area contributed by atoms with E-state index in [1.807, 2.05) is 13.8 Å². The van der Waals surface area contributed by atoms with Crippen LogP contribution >= 0.6 is 0 Å². The van der Waals surface area contributed by atoms with E-state index in [0.717, 1.165) is 12.1 Å². The Morgan fingerprint density at radius 3 is 2.14 bits per heavy atom. The lowest BCUT2D eigenvalue weighted by molar-refractivity contribution is -0.137. The first kappa shape index (κ1) is 18.3. The number of amides is 2. The molecule has 0 radical (unpaired) electrons. The van der Waals surface area contributed by atoms with Gasteiger partial charge < -0.3 is 15.3 Å². The number of benzene rings is 1. The summed E-state index contributed by atoms with van der Waals surface area (Å²) < 4.78 is 37.6. The maximum Gasteiger partial charge on any atom is 0.416 e. The Kier molecular flexibility index (Phi) is 5.82. The third-order valence-electron chi connectivity index (χ3n) is 3.46. The summed E-state index contributed by atoms with van der Waals surface area (Å²) in [6.45, 7) is 4.02. The number of aliphatic hydroxyl groups excluding tert-OH is 1. The van der Waals surface area contributed by atoms with Gasteiger partial charge in [-0.2, -0.15) is 13.2 Å². The summed E-state index contributed by atoms with van der Waals surface area (Å²) in [4.78, 5) is 13.1. The number of halogens is 3. The van der Waals surface area contributed by atoms with Gasteiger partial charge in [0.1, 0.15) is 0 Å². The van der Waals surface area contributed by atoms with Crippen molar-refractivity contribution in [2.45, 2.75) is 25.4 Å². The van der Waals surface area contributed by atoms with Crippen molar-refractivity contribution in [2.24, 2.45) is 0 Å². The SMILES string of the molecule is CN(CCO)C(=O)NCC(C)(C)c1ccc(C(F)(F)F)cc1. The predicted octanol–water partition coefficient (Wildman–Crippen LogP) is 2.62. The summed E-state index contributed by atoms with van der Waals surface area (Å²) in [7, 11) is 1.55. The Bertz CT molecular complexity index is 499. The fourth-order valence-corrected chi connectivity index (χ4v) is 1.90. The Morgan fingerprint density at radius 1 is 1.18 bits per heavy atom. The first-order chi connectivity index (χ1) is 10.1. The molecule has 2 N–H and O–H groups in total. The minimum absolute atomic E-state index is 0.133. The summed E-state index contributed by atoms with van der Waals surface area (Å²) in [5.41, 5.74) is -0.510. The van der Waals surface area contributed by atoms with Crippen molar-refractivity contribution in [1.29, 1.82) is 0 Å². The molecule has 4 nitrogen and oxygen atoms in total. The van der Waals surface area contributed by atoms with Gasteiger partial charge in [0, 0.05) is 25.6 Å². The number of likely N-dealkylation sites (N-methyl/N-ethyl adjacent to an activating group) is 1. The zero-order valence-corrected chi connectivity index (χ0v) is 12.9. The molecule has 0 unspecified atom stereocenters. The Balaban J connectivity index is 2.72. The predicted molar refractivity (Wildman–Crippen MR) is 77.6 cm³/mol. The van der Waals surface area contributed by atoms with Crippen molar-refractivity contribution in [3.05, 3.63) is 35.4 Å². The summed E-state index contributed by atoms with van der Waals surface area (Å²) in [6.07, 6.45) is -4.36. The summed E-state index contributed by atoms with van der Waals surface area (Å²) in [6, 6.07) is 4.58.